The maximum absolute atomic E-state index is 8.25. The van der Waals surface area contributed by atoms with Crippen LogP contribution in [0.15, 0.2) is 32.0 Å². The van der Waals surface area contributed by atoms with Crippen LogP contribution in [0.4, 0.5) is 0 Å². The van der Waals surface area contributed by atoms with E-state index in [9.17, 15) is 0 Å². The fraction of sp³-hybridized carbons (Fsp3) is 0. The van der Waals surface area contributed by atoms with E-state index in [0.717, 1.165) is 32.0 Å². The Kier molecular flexibility index (Phi) is 1340. The molecule has 0 heterocycles. The number of hydrogen-bond donors (Lipinski definition) is 4. The fourth-order valence-corrected chi connectivity index (χ4v) is 0. The Bertz CT molecular complexity index is 185. The molecule has 26 nitrogen and oxygen atoms in total. The summed E-state index contributed by atoms with van der Waals surface area (Å²) in [5, 5.41) is 68.8. The largest absolute Gasteiger partial charge is 0.444 e. The summed E-state index contributed by atoms with van der Waals surface area (Å²) in [6, 6.07) is 0. The Morgan fingerprint density at radius 3 is 0.444 bits per heavy atom. The second kappa shape index (κ2) is 394. The van der Waals surface area contributed by atoms with Crippen molar-refractivity contribution in [2.24, 2.45) is 32.0 Å². The number of quaternary nitrogens is 4. The molecular weight excluding hydrogens is 453 g/mol. The Hall–Kier alpha value is -4.05. The van der Waals surface area contributed by atoms with Gasteiger partial charge in [-0.2, -0.15) is 0 Å². The van der Waals surface area contributed by atoms with Crippen LogP contribution in [0.5, 0.6) is 0 Å². The van der Waals surface area contributed by atoms with E-state index in [0.29, 0.717) is 0 Å². The van der Waals surface area contributed by atoms with E-state index in [-0.39, 0.29) is 41.4 Å². The monoisotopic (exact) mass is 469 g/mol. The molecule has 0 atom stereocenters. The second-order valence-electron chi connectivity index (χ2n) is 0.671. The molecule has 0 saturated heterocycles. The zero-order chi connectivity index (χ0) is 19.8. The molecule has 0 rings (SSSR count). The molecule has 0 aromatic carbocycles. The van der Waals surface area contributed by atoms with Crippen LogP contribution in [-0.4, -0.2) is 5.09 Å². The van der Waals surface area contributed by atoms with Gasteiger partial charge in [0.05, 0.1) is 5.09 Å². The van der Waals surface area contributed by atoms with Crippen LogP contribution < -0.4 is 24.6 Å². The molecule has 27 heavy (non-hydrogen) atoms. The third-order valence-corrected chi connectivity index (χ3v) is 0. The first kappa shape index (κ1) is 92.2. The normalized spacial score (nSPS) is 3.56. The Morgan fingerprint density at radius 1 is 0.444 bits per heavy atom. The molecule has 0 aromatic heterocycles. The third kappa shape index (κ3) is 531. The molecule has 0 aromatic rings. The summed E-state index contributed by atoms with van der Waals surface area (Å²) in [4.78, 5) is 56.2. The molecular formula is H16CoN11O15-3. The molecule has 1 radical (unpaired) electrons. The minimum absolute atomic E-state index is 0. The Morgan fingerprint density at radius 2 is 0.444 bits per heavy atom. The van der Waals surface area contributed by atoms with E-state index in [1.54, 1.807) is 0 Å². The average Bonchev–Trinajstić information content (AvgIpc) is 2.33. The van der Waals surface area contributed by atoms with Crippen LogP contribution in [0.2, 0.25) is 0 Å². The van der Waals surface area contributed by atoms with Gasteiger partial charge in [-0.3, -0.25) is 0 Å². The Balaban J connectivity index is -0.00000000946. The van der Waals surface area contributed by atoms with Crippen molar-refractivity contribution in [2.45, 2.75) is 0 Å². The summed E-state index contributed by atoms with van der Waals surface area (Å²) in [5.74, 6) is 0. The van der Waals surface area contributed by atoms with Crippen LogP contribution in [0, 0.1) is 76.0 Å². The molecule has 0 unspecified atom stereocenters. The zero-order valence-electron chi connectivity index (χ0n) is 13.6. The molecule has 0 spiro atoms. The summed E-state index contributed by atoms with van der Waals surface area (Å²) >= 11 is 0. The van der Waals surface area contributed by atoms with E-state index < -0.39 is 5.09 Å². The first-order valence-electron chi connectivity index (χ1n) is 2.74. The van der Waals surface area contributed by atoms with E-state index in [4.69, 9.17) is 76.0 Å². The summed E-state index contributed by atoms with van der Waals surface area (Å²) in [5.41, 5.74) is 0. The van der Waals surface area contributed by atoms with E-state index in [2.05, 4.69) is 0 Å². The van der Waals surface area contributed by atoms with Crippen LogP contribution in [-0.2, 0) is 16.8 Å². The predicted molar refractivity (Wildman–Crippen MR) is 89.3 cm³/mol. The molecule has 0 bridgehead atoms. The van der Waals surface area contributed by atoms with Crippen molar-refractivity contribution in [1.82, 2.24) is 24.6 Å². The molecule has 0 aliphatic rings. The minimum atomic E-state index is -1.75. The minimum Gasteiger partial charge on any atom is -0.444 e. The maximum Gasteiger partial charge on any atom is 0.0689 e. The van der Waals surface area contributed by atoms with Crippen molar-refractivity contribution in [3.8, 4) is 0 Å². The molecule has 0 aliphatic heterocycles. The van der Waals surface area contributed by atoms with Crippen molar-refractivity contribution in [2.75, 3.05) is 0 Å². The molecule has 0 amide bonds. The smallest absolute Gasteiger partial charge is 0.0689 e. The molecule has 173 valence electrons. The molecule has 0 fully saturated rings. The van der Waals surface area contributed by atoms with Crippen LogP contribution in [0.1, 0.15) is 0 Å². The zero-order valence-corrected chi connectivity index (χ0v) is 14.6. The van der Waals surface area contributed by atoms with Crippen molar-refractivity contribution in [3.63, 3.8) is 0 Å². The number of hydrogen-bond acceptors (Lipinski definition) is 21. The van der Waals surface area contributed by atoms with Crippen molar-refractivity contribution in [3.05, 3.63) is 76.0 Å². The van der Waals surface area contributed by atoms with Gasteiger partial charge in [0, 0.05) is 16.8 Å². The van der Waals surface area contributed by atoms with Gasteiger partial charge in [-0.15, -0.1) is 32.0 Å². The average molecular weight is 469 g/mol. The van der Waals surface area contributed by atoms with Crippen LogP contribution in [0.25, 0.3) is 0 Å². The summed E-state index contributed by atoms with van der Waals surface area (Å²) in [7, 11) is 0. The van der Waals surface area contributed by atoms with Crippen molar-refractivity contribution >= 4 is 0 Å². The first-order valence-corrected chi connectivity index (χ1v) is 2.74. The molecule has 0 saturated carbocycles. The van der Waals surface area contributed by atoms with Crippen molar-refractivity contribution < 1.29 is 21.9 Å². The second-order valence-corrected chi connectivity index (χ2v) is 0.671. The molecule has 27 heteroatoms. The Labute approximate surface area is 155 Å². The third-order valence-electron chi connectivity index (χ3n) is 0. The van der Waals surface area contributed by atoms with Gasteiger partial charge in [0.25, 0.3) is 0 Å². The summed E-state index contributed by atoms with van der Waals surface area (Å²) in [6.07, 6.45) is 0. The van der Waals surface area contributed by atoms with Crippen molar-refractivity contribution in [1.29, 1.82) is 0 Å². The predicted octanol–water partition coefficient (Wildman–Crippen LogP) is 2.77. The quantitative estimate of drug-likeness (QED) is 0.225. The summed E-state index contributed by atoms with van der Waals surface area (Å²) in [6.45, 7) is 0. The van der Waals surface area contributed by atoms with E-state index in [1.807, 2.05) is 0 Å². The van der Waals surface area contributed by atoms with Gasteiger partial charge < -0.3 is 101 Å². The first-order chi connectivity index (χ1) is 10.2. The van der Waals surface area contributed by atoms with Gasteiger partial charge in [0.1, 0.15) is 0 Å². The van der Waals surface area contributed by atoms with Gasteiger partial charge >= 0.3 is 0 Å². The van der Waals surface area contributed by atoms with Gasteiger partial charge in [-0.05, 0) is 0 Å². The summed E-state index contributed by atoms with van der Waals surface area (Å²) < 4.78 is 0. The number of rotatable bonds is 0. The molecule has 16 N–H and O–H groups in total. The fourth-order valence-electron chi connectivity index (χ4n) is 0. The maximum atomic E-state index is 8.25. The van der Waals surface area contributed by atoms with Gasteiger partial charge in [0.15, 0.2) is 0 Å². The van der Waals surface area contributed by atoms with E-state index >= 15 is 0 Å². The van der Waals surface area contributed by atoms with Crippen LogP contribution >= 0.6 is 0 Å². The standard InChI is InChI=1S/Co.NO3.6HNO2.4H3N/c;2-1(3)4;6*2-1-3;;;;/h;;6*(H,2,3);4*1H3/q;-1;;;;;;;;;;/p-2. The van der Waals surface area contributed by atoms with Gasteiger partial charge in [-0.1, -0.05) is 0 Å². The topological polar surface area (TPSA) is 527 Å². The van der Waals surface area contributed by atoms with E-state index in [1.165, 1.54) is 0 Å². The number of nitrogens with zero attached hydrogens (tertiary/aromatic N) is 7. The molecule has 0 aliphatic carbocycles. The van der Waals surface area contributed by atoms with Crippen LogP contribution in [0.3, 0.4) is 0 Å². The van der Waals surface area contributed by atoms with Gasteiger partial charge in [-0.25, -0.2) is 0 Å². The van der Waals surface area contributed by atoms with Gasteiger partial charge in [0.2, 0.25) is 0 Å². The SMILES string of the molecule is O=N[O-].O=N[O-].O=N[O-].O=N[O-].O=N[O-].O=N[O-].O=[N+]([O-])[O-].[Co].[NH4+].[NH4+].[NH4+].[NH4+].